The number of nitriles is 1. The number of thioether (sulfide) groups is 2. The van der Waals surface area contributed by atoms with E-state index in [1.165, 1.54) is 6.92 Å². The van der Waals surface area contributed by atoms with E-state index in [1.54, 1.807) is 23.5 Å². The maximum Gasteiger partial charge on any atom is 0.302 e. The predicted octanol–water partition coefficient (Wildman–Crippen LogP) is 6.34. The van der Waals surface area contributed by atoms with Crippen molar-refractivity contribution in [3.05, 3.63) is 65.9 Å². The zero-order chi connectivity index (χ0) is 21.8. The van der Waals surface area contributed by atoms with E-state index < -0.39 is 0 Å². The Hall–Kier alpha value is -2.49. The number of hydrogen-bond donors (Lipinski definition) is 0. The first-order valence-corrected chi connectivity index (χ1v) is 11.8. The number of nitrogens with zero attached hydrogens (tertiary/aromatic N) is 2. The third-order valence-corrected chi connectivity index (χ3v) is 6.43. The van der Waals surface area contributed by atoms with Crippen LogP contribution in [0, 0.1) is 11.3 Å². The summed E-state index contributed by atoms with van der Waals surface area (Å²) in [6.07, 6.45) is 6.81. The second kappa shape index (κ2) is 12.9. The van der Waals surface area contributed by atoms with Crippen LogP contribution in [-0.2, 0) is 9.53 Å². The number of rotatable bonds is 10. The molecule has 0 aliphatic heterocycles. The number of esters is 1. The van der Waals surface area contributed by atoms with E-state index in [1.807, 2.05) is 68.5 Å². The average Bonchev–Trinajstić information content (AvgIpc) is 2.76. The number of allylic oxidation sites excluding steroid dienone is 4. The van der Waals surface area contributed by atoms with Crippen LogP contribution in [0.15, 0.2) is 59.7 Å². The summed E-state index contributed by atoms with van der Waals surface area (Å²) in [4.78, 5) is 15.6. The molecule has 0 unspecified atom stereocenters. The lowest BCUT2D eigenvalue weighted by atomic mass is 9.99. The molecule has 0 spiro atoms. The number of carbonyl (C=O) groups excluding carboxylic acids is 1. The van der Waals surface area contributed by atoms with Crippen molar-refractivity contribution in [1.82, 2.24) is 4.98 Å². The summed E-state index contributed by atoms with van der Waals surface area (Å²) in [7, 11) is 0. The number of benzene rings is 1. The molecule has 1 heterocycles. The van der Waals surface area contributed by atoms with Crippen molar-refractivity contribution in [2.24, 2.45) is 0 Å². The van der Waals surface area contributed by atoms with Crippen molar-refractivity contribution in [2.75, 3.05) is 17.4 Å². The lowest BCUT2D eigenvalue weighted by molar-refractivity contribution is -0.140. The number of aromatic nitrogens is 1. The summed E-state index contributed by atoms with van der Waals surface area (Å²) < 4.78 is 4.96. The SMILES string of the molecule is C/C=C\C=C(/C)c1cc(-c2ccccc2)c(C#N)c(SCSCCCOC(C)=O)n1. The summed E-state index contributed by atoms with van der Waals surface area (Å²) in [5, 5.41) is 11.4. The Kier molecular flexibility index (Phi) is 10.3. The molecule has 0 amide bonds. The number of hydrogen-bond acceptors (Lipinski definition) is 6. The molecule has 1 aromatic heterocycles. The van der Waals surface area contributed by atoms with Crippen LogP contribution < -0.4 is 0 Å². The smallest absolute Gasteiger partial charge is 0.302 e. The van der Waals surface area contributed by atoms with Crippen molar-refractivity contribution >= 4 is 35.1 Å². The van der Waals surface area contributed by atoms with Crippen LogP contribution in [0.1, 0.15) is 38.4 Å². The molecule has 2 rings (SSSR count). The molecular formula is C24H26N2O2S2. The Balaban J connectivity index is 2.24. The largest absolute Gasteiger partial charge is 0.466 e. The zero-order valence-electron chi connectivity index (χ0n) is 17.6. The molecule has 0 saturated carbocycles. The fourth-order valence-electron chi connectivity index (χ4n) is 2.64. The molecule has 0 N–H and O–H groups in total. The van der Waals surface area contributed by atoms with Gasteiger partial charge >= 0.3 is 5.97 Å². The van der Waals surface area contributed by atoms with Crippen molar-refractivity contribution < 1.29 is 9.53 Å². The van der Waals surface area contributed by atoms with E-state index in [0.717, 1.165) is 44.7 Å². The number of pyridine rings is 1. The quantitative estimate of drug-likeness (QED) is 0.142. The van der Waals surface area contributed by atoms with Gasteiger partial charge in [0.15, 0.2) is 0 Å². The molecule has 0 atom stereocenters. The third kappa shape index (κ3) is 7.40. The maximum absolute atomic E-state index is 10.8. The van der Waals surface area contributed by atoms with Crippen molar-refractivity contribution in [3.8, 4) is 17.2 Å². The van der Waals surface area contributed by atoms with Gasteiger partial charge in [-0.2, -0.15) is 17.0 Å². The molecule has 0 fully saturated rings. The predicted molar refractivity (Wildman–Crippen MR) is 127 cm³/mol. The van der Waals surface area contributed by atoms with E-state index in [2.05, 4.69) is 6.07 Å². The molecule has 0 aliphatic rings. The second-order valence-electron chi connectivity index (χ2n) is 6.45. The average molecular weight is 439 g/mol. The molecule has 0 aliphatic carbocycles. The highest BCUT2D eigenvalue weighted by Crippen LogP contribution is 2.34. The Morgan fingerprint density at radius 1 is 1.27 bits per heavy atom. The maximum atomic E-state index is 10.8. The first-order chi connectivity index (χ1) is 14.6. The van der Waals surface area contributed by atoms with Crippen LogP contribution in [0.3, 0.4) is 0 Å². The first-order valence-electron chi connectivity index (χ1n) is 9.71. The highest BCUT2D eigenvalue weighted by atomic mass is 32.2. The highest BCUT2D eigenvalue weighted by molar-refractivity contribution is 8.15. The zero-order valence-corrected chi connectivity index (χ0v) is 19.2. The van der Waals surface area contributed by atoms with Gasteiger partial charge in [-0.1, -0.05) is 60.3 Å². The van der Waals surface area contributed by atoms with Gasteiger partial charge < -0.3 is 4.74 Å². The molecule has 1 aromatic carbocycles. The Bertz CT molecular complexity index is 948. The van der Waals surface area contributed by atoms with Gasteiger partial charge in [0.1, 0.15) is 11.1 Å². The van der Waals surface area contributed by atoms with Gasteiger partial charge in [0, 0.05) is 17.6 Å². The molecule has 0 bridgehead atoms. The van der Waals surface area contributed by atoms with Gasteiger partial charge in [0.2, 0.25) is 0 Å². The van der Waals surface area contributed by atoms with E-state index in [9.17, 15) is 10.1 Å². The minimum Gasteiger partial charge on any atom is -0.466 e. The molecule has 4 nitrogen and oxygen atoms in total. The summed E-state index contributed by atoms with van der Waals surface area (Å²) in [5.74, 6) is 0.636. The first kappa shape index (κ1) is 23.8. The monoisotopic (exact) mass is 438 g/mol. The standard InChI is InChI=1S/C24H26N2O2S2/c1-4-5-10-18(2)23-15-21(20-11-7-6-8-12-20)22(16-25)24(26-23)30-17-29-14-9-13-28-19(3)27/h4-8,10-12,15H,9,13-14,17H2,1-3H3/b5-4-,18-10+. The van der Waals surface area contributed by atoms with Gasteiger partial charge in [-0.3, -0.25) is 4.79 Å². The molecule has 30 heavy (non-hydrogen) atoms. The summed E-state index contributed by atoms with van der Waals surface area (Å²) in [5.41, 5.74) is 4.43. The van der Waals surface area contributed by atoms with Crippen molar-refractivity contribution in [2.45, 2.75) is 32.2 Å². The van der Waals surface area contributed by atoms with Crippen molar-refractivity contribution in [1.29, 1.82) is 5.26 Å². The molecule has 156 valence electrons. The Morgan fingerprint density at radius 3 is 2.70 bits per heavy atom. The molecular weight excluding hydrogens is 412 g/mol. The summed E-state index contributed by atoms with van der Waals surface area (Å²) in [6.45, 7) is 5.87. The fourth-order valence-corrected chi connectivity index (χ4v) is 4.68. The number of carbonyl (C=O) groups is 1. The summed E-state index contributed by atoms with van der Waals surface area (Å²) in [6, 6.07) is 14.3. The van der Waals surface area contributed by atoms with Gasteiger partial charge in [-0.25, -0.2) is 4.98 Å². The van der Waals surface area contributed by atoms with E-state index in [-0.39, 0.29) is 5.97 Å². The van der Waals surface area contributed by atoms with Gasteiger partial charge in [0.25, 0.3) is 0 Å². The molecule has 6 heteroatoms. The van der Waals surface area contributed by atoms with Crippen LogP contribution in [0.4, 0.5) is 0 Å². The van der Waals surface area contributed by atoms with Crippen LogP contribution in [0.5, 0.6) is 0 Å². The Labute approximate surface area is 187 Å². The van der Waals surface area contributed by atoms with Crippen LogP contribution >= 0.6 is 23.5 Å². The van der Waals surface area contributed by atoms with Gasteiger partial charge in [0.05, 0.1) is 17.9 Å². The molecule has 0 saturated heterocycles. The third-order valence-electron chi connectivity index (χ3n) is 4.14. The lowest BCUT2D eigenvalue weighted by Gasteiger charge is -2.12. The van der Waals surface area contributed by atoms with Gasteiger partial charge in [-0.05, 0) is 43.2 Å². The van der Waals surface area contributed by atoms with E-state index in [4.69, 9.17) is 9.72 Å². The van der Waals surface area contributed by atoms with Crippen LogP contribution in [0.25, 0.3) is 16.7 Å². The lowest BCUT2D eigenvalue weighted by Crippen LogP contribution is -2.01. The normalized spacial score (nSPS) is 11.5. The highest BCUT2D eigenvalue weighted by Gasteiger charge is 2.15. The van der Waals surface area contributed by atoms with Crippen LogP contribution in [0.2, 0.25) is 0 Å². The van der Waals surface area contributed by atoms with E-state index >= 15 is 0 Å². The second-order valence-corrected chi connectivity index (χ2v) is 8.89. The van der Waals surface area contributed by atoms with Crippen molar-refractivity contribution in [3.63, 3.8) is 0 Å². The minimum absolute atomic E-state index is 0.246. The Morgan fingerprint density at radius 2 is 2.03 bits per heavy atom. The fraction of sp³-hybridized carbons (Fsp3) is 0.292. The molecule has 2 aromatic rings. The van der Waals surface area contributed by atoms with Gasteiger partial charge in [-0.15, -0.1) is 0 Å². The molecule has 0 radical (unpaired) electrons. The topological polar surface area (TPSA) is 63.0 Å². The minimum atomic E-state index is -0.246. The van der Waals surface area contributed by atoms with Crippen LogP contribution in [-0.4, -0.2) is 28.4 Å². The number of ether oxygens (including phenoxy) is 1. The summed E-state index contributed by atoms with van der Waals surface area (Å²) >= 11 is 3.32. The van der Waals surface area contributed by atoms with E-state index in [0.29, 0.717) is 12.2 Å².